The van der Waals surface area contributed by atoms with Gasteiger partial charge in [0.25, 0.3) is 0 Å². The fraction of sp³-hybridized carbons (Fsp3) is 0.500. The Morgan fingerprint density at radius 2 is 2.31 bits per heavy atom. The summed E-state index contributed by atoms with van der Waals surface area (Å²) < 4.78 is 13.2. The number of nitrogens with zero attached hydrogens (tertiary/aromatic N) is 1. The fourth-order valence-electron chi connectivity index (χ4n) is 2.10. The summed E-state index contributed by atoms with van der Waals surface area (Å²) in [6.07, 6.45) is 1.62. The van der Waals surface area contributed by atoms with Gasteiger partial charge in [-0.25, -0.2) is 4.39 Å². The number of nitrogen functional groups attached to an aromatic ring is 1. The molecule has 0 aromatic heterocycles. The number of nitrogens with two attached hydrogens (primary N) is 1. The Morgan fingerprint density at radius 3 is 3.00 bits per heavy atom. The Hall–Kier alpha value is -1.13. The molecular weight excluding hydrogens is 207 g/mol. The van der Waals surface area contributed by atoms with Crippen LogP contribution in [-0.4, -0.2) is 29.2 Å². The van der Waals surface area contributed by atoms with Gasteiger partial charge in [0.15, 0.2) is 0 Å². The van der Waals surface area contributed by atoms with Crippen LogP contribution in [0.25, 0.3) is 0 Å². The lowest BCUT2D eigenvalue weighted by Crippen LogP contribution is -2.37. The SMILES string of the molecule is Nc1ccc(CN2CCCC(O)C2)cc1F. The first-order valence-electron chi connectivity index (χ1n) is 5.59. The molecule has 1 saturated heterocycles. The van der Waals surface area contributed by atoms with E-state index in [1.165, 1.54) is 6.07 Å². The molecule has 0 spiro atoms. The molecule has 3 nitrogen and oxygen atoms in total. The molecule has 0 radical (unpaired) electrons. The highest BCUT2D eigenvalue weighted by molar-refractivity contribution is 5.41. The minimum atomic E-state index is -0.366. The second-order valence-corrected chi connectivity index (χ2v) is 4.39. The van der Waals surface area contributed by atoms with Crippen molar-refractivity contribution in [3.63, 3.8) is 0 Å². The summed E-state index contributed by atoms with van der Waals surface area (Å²) in [6.45, 7) is 2.31. The van der Waals surface area contributed by atoms with E-state index in [-0.39, 0.29) is 17.6 Å². The molecule has 1 fully saturated rings. The average molecular weight is 224 g/mol. The second-order valence-electron chi connectivity index (χ2n) is 4.39. The van der Waals surface area contributed by atoms with Gasteiger partial charge in [-0.3, -0.25) is 4.90 Å². The molecule has 4 heteroatoms. The molecule has 0 saturated carbocycles. The number of piperidine rings is 1. The van der Waals surface area contributed by atoms with Crippen LogP contribution in [-0.2, 0) is 6.54 Å². The topological polar surface area (TPSA) is 49.5 Å². The Morgan fingerprint density at radius 1 is 1.50 bits per heavy atom. The molecule has 1 aromatic rings. The van der Waals surface area contributed by atoms with Crippen molar-refractivity contribution in [1.29, 1.82) is 0 Å². The molecule has 16 heavy (non-hydrogen) atoms. The zero-order valence-electron chi connectivity index (χ0n) is 9.19. The van der Waals surface area contributed by atoms with Crippen molar-refractivity contribution in [3.05, 3.63) is 29.6 Å². The maximum Gasteiger partial charge on any atom is 0.146 e. The van der Waals surface area contributed by atoms with Gasteiger partial charge in [0, 0.05) is 13.1 Å². The highest BCUT2D eigenvalue weighted by Gasteiger charge is 2.17. The monoisotopic (exact) mass is 224 g/mol. The first-order valence-corrected chi connectivity index (χ1v) is 5.59. The van der Waals surface area contributed by atoms with Gasteiger partial charge in [0.1, 0.15) is 5.82 Å². The zero-order valence-corrected chi connectivity index (χ0v) is 9.19. The van der Waals surface area contributed by atoms with Crippen molar-refractivity contribution in [2.24, 2.45) is 0 Å². The van der Waals surface area contributed by atoms with Gasteiger partial charge in [-0.15, -0.1) is 0 Å². The van der Waals surface area contributed by atoms with Crippen LogP contribution in [0.3, 0.4) is 0 Å². The van der Waals surface area contributed by atoms with Crippen LogP contribution in [0, 0.1) is 5.82 Å². The smallest absolute Gasteiger partial charge is 0.146 e. The van der Waals surface area contributed by atoms with Crippen LogP contribution >= 0.6 is 0 Å². The quantitative estimate of drug-likeness (QED) is 0.746. The third-order valence-corrected chi connectivity index (χ3v) is 2.95. The van der Waals surface area contributed by atoms with Crippen molar-refractivity contribution in [1.82, 2.24) is 4.90 Å². The lowest BCUT2D eigenvalue weighted by atomic mass is 10.1. The zero-order chi connectivity index (χ0) is 11.5. The van der Waals surface area contributed by atoms with E-state index in [4.69, 9.17) is 5.73 Å². The van der Waals surface area contributed by atoms with Crippen LogP contribution < -0.4 is 5.73 Å². The number of likely N-dealkylation sites (tertiary alicyclic amines) is 1. The maximum absolute atomic E-state index is 13.2. The van der Waals surface area contributed by atoms with Crippen molar-refractivity contribution < 1.29 is 9.50 Å². The van der Waals surface area contributed by atoms with Crippen molar-refractivity contribution in [3.8, 4) is 0 Å². The van der Waals surface area contributed by atoms with Gasteiger partial charge < -0.3 is 10.8 Å². The van der Waals surface area contributed by atoms with Crippen LogP contribution in [0.5, 0.6) is 0 Å². The van der Waals surface area contributed by atoms with Gasteiger partial charge in [-0.1, -0.05) is 6.07 Å². The van der Waals surface area contributed by atoms with Crippen LogP contribution in [0.15, 0.2) is 18.2 Å². The molecular formula is C12H17FN2O. The summed E-state index contributed by atoms with van der Waals surface area (Å²) in [5, 5.41) is 9.52. The van der Waals surface area contributed by atoms with Crippen molar-refractivity contribution in [2.45, 2.75) is 25.5 Å². The van der Waals surface area contributed by atoms with Crippen molar-refractivity contribution >= 4 is 5.69 Å². The molecule has 1 heterocycles. The number of rotatable bonds is 2. The molecule has 1 atom stereocenters. The number of aliphatic hydroxyl groups is 1. The number of benzene rings is 1. The van der Waals surface area contributed by atoms with Crippen LogP contribution in [0.2, 0.25) is 0 Å². The van der Waals surface area contributed by atoms with Crippen molar-refractivity contribution in [2.75, 3.05) is 18.8 Å². The molecule has 1 unspecified atom stereocenters. The largest absolute Gasteiger partial charge is 0.396 e. The van der Waals surface area contributed by atoms with Gasteiger partial charge in [-0.2, -0.15) is 0 Å². The number of hydrogen-bond acceptors (Lipinski definition) is 3. The first-order chi connectivity index (χ1) is 7.65. The van der Waals surface area contributed by atoms with E-state index in [0.29, 0.717) is 13.1 Å². The van der Waals surface area contributed by atoms with E-state index >= 15 is 0 Å². The van der Waals surface area contributed by atoms with Crippen LogP contribution in [0.4, 0.5) is 10.1 Å². The number of β-amino-alcohol motifs (C(OH)–C–C–N with tert-alkyl or cyclic N) is 1. The summed E-state index contributed by atoms with van der Waals surface area (Å²) in [4.78, 5) is 2.14. The molecule has 2 rings (SSSR count). The summed E-state index contributed by atoms with van der Waals surface area (Å²) in [7, 11) is 0. The van der Waals surface area contributed by atoms with Gasteiger partial charge >= 0.3 is 0 Å². The average Bonchev–Trinajstić information content (AvgIpc) is 2.24. The first kappa shape index (κ1) is 11.4. The Labute approximate surface area is 94.7 Å². The van der Waals surface area contributed by atoms with E-state index in [2.05, 4.69) is 4.90 Å². The molecule has 1 aromatic carbocycles. The number of hydrogen-bond donors (Lipinski definition) is 2. The van der Waals surface area contributed by atoms with E-state index in [0.717, 1.165) is 24.9 Å². The molecule has 88 valence electrons. The highest BCUT2D eigenvalue weighted by atomic mass is 19.1. The molecule has 1 aliphatic heterocycles. The highest BCUT2D eigenvalue weighted by Crippen LogP contribution is 2.16. The van der Waals surface area contributed by atoms with E-state index < -0.39 is 0 Å². The summed E-state index contributed by atoms with van der Waals surface area (Å²) in [5.74, 6) is -0.366. The van der Waals surface area contributed by atoms with Gasteiger partial charge in [-0.05, 0) is 37.1 Å². The fourth-order valence-corrected chi connectivity index (χ4v) is 2.10. The number of anilines is 1. The summed E-state index contributed by atoms with van der Waals surface area (Å²) in [5.41, 5.74) is 6.50. The summed E-state index contributed by atoms with van der Waals surface area (Å²) in [6, 6.07) is 4.89. The second kappa shape index (κ2) is 4.80. The third-order valence-electron chi connectivity index (χ3n) is 2.95. The van der Waals surface area contributed by atoms with E-state index in [1.807, 2.05) is 6.07 Å². The molecule has 0 amide bonds. The van der Waals surface area contributed by atoms with Crippen LogP contribution in [0.1, 0.15) is 18.4 Å². The standard InChI is InChI=1S/C12H17FN2O/c13-11-6-9(3-4-12(11)14)7-15-5-1-2-10(16)8-15/h3-4,6,10,16H,1-2,5,7-8,14H2. The predicted octanol–water partition coefficient (Wildman–Crippen LogP) is 1.36. The molecule has 0 aliphatic carbocycles. The maximum atomic E-state index is 13.2. The van der Waals surface area contributed by atoms with E-state index in [9.17, 15) is 9.50 Å². The lowest BCUT2D eigenvalue weighted by molar-refractivity contribution is 0.0668. The van der Waals surface area contributed by atoms with Gasteiger partial charge in [0.05, 0.1) is 11.8 Å². The Balaban J connectivity index is 2.00. The molecule has 3 N–H and O–H groups in total. The minimum Gasteiger partial charge on any atom is -0.396 e. The Kier molecular flexibility index (Phi) is 3.41. The molecule has 1 aliphatic rings. The predicted molar refractivity (Wildman–Crippen MR) is 61.3 cm³/mol. The Bertz CT molecular complexity index is 370. The van der Waals surface area contributed by atoms with E-state index in [1.54, 1.807) is 6.07 Å². The molecule has 0 bridgehead atoms. The minimum absolute atomic E-state index is 0.183. The third kappa shape index (κ3) is 2.71. The number of halogens is 1. The summed E-state index contributed by atoms with van der Waals surface area (Å²) >= 11 is 0. The lowest BCUT2D eigenvalue weighted by Gasteiger charge is -2.29. The normalized spacial score (nSPS) is 22.2. The van der Waals surface area contributed by atoms with Gasteiger partial charge in [0.2, 0.25) is 0 Å². The number of aliphatic hydroxyl groups excluding tert-OH is 1.